The fraction of sp³-hybridized carbons (Fsp3) is 1.00. The summed E-state index contributed by atoms with van der Waals surface area (Å²) in [6.07, 6.45) is 0. The second-order valence-corrected chi connectivity index (χ2v) is 15.3. The smallest absolute Gasteiger partial charge is 0.324 e. The molecule has 0 rings (SSSR count). The van der Waals surface area contributed by atoms with E-state index in [1.807, 2.05) is 0 Å². The van der Waals surface area contributed by atoms with Crippen molar-refractivity contribution >= 4 is 74.1 Å². The molecule has 0 saturated carbocycles. The van der Waals surface area contributed by atoms with Crippen molar-refractivity contribution in [1.29, 1.82) is 0 Å². The molecule has 0 saturated heterocycles. The van der Waals surface area contributed by atoms with Gasteiger partial charge in [0.15, 0.2) is 0 Å². The number of rotatable bonds is 10. The van der Waals surface area contributed by atoms with Gasteiger partial charge < -0.3 is 27.9 Å². The molecule has 4 atom stereocenters. The first-order chi connectivity index (χ1) is 9.36. The summed E-state index contributed by atoms with van der Waals surface area (Å²) in [5, 5.41) is 0. The highest BCUT2D eigenvalue weighted by atomic mass is 32.5. The van der Waals surface area contributed by atoms with Crippen LogP contribution in [0, 0.1) is 0 Å². The molecule has 128 valence electrons. The Morgan fingerprint density at radius 1 is 0.571 bits per heavy atom. The summed E-state index contributed by atoms with van der Waals surface area (Å²) in [5.41, 5.74) is 0. The molecule has 0 bridgehead atoms. The summed E-state index contributed by atoms with van der Waals surface area (Å²) in [4.78, 5) is 19.3. The molecule has 0 heterocycles. The molecular weight excluding hydrogens is 444 g/mol. The molecule has 0 radical (unpaired) electrons. The van der Waals surface area contributed by atoms with Gasteiger partial charge in [0.25, 0.3) is 0 Å². The zero-order valence-corrected chi connectivity index (χ0v) is 18.0. The third kappa shape index (κ3) is 8.77. The van der Waals surface area contributed by atoms with E-state index in [-0.39, 0.29) is 0 Å². The van der Waals surface area contributed by atoms with Crippen molar-refractivity contribution in [2.24, 2.45) is 0 Å². The molecule has 21 heavy (non-hydrogen) atoms. The molecule has 0 aliphatic heterocycles. The van der Waals surface area contributed by atoms with E-state index < -0.39 is 26.9 Å². The van der Waals surface area contributed by atoms with Crippen LogP contribution in [0.25, 0.3) is 0 Å². The van der Waals surface area contributed by atoms with Gasteiger partial charge >= 0.3 is 26.9 Å². The molecule has 0 aromatic rings. The molecule has 2 N–H and O–H groups in total. The van der Waals surface area contributed by atoms with Crippen LogP contribution in [-0.2, 0) is 78.3 Å². The van der Waals surface area contributed by atoms with Crippen LogP contribution in [0.1, 0.15) is 0 Å². The quantitative estimate of drug-likeness (QED) is 0.469. The largest absolute Gasteiger partial charge is 0.341 e. The Hall–Kier alpha value is 2.24. The second-order valence-electron chi connectivity index (χ2n) is 2.81. The normalized spacial score (nSPS) is 23.5. The van der Waals surface area contributed by atoms with Crippen molar-refractivity contribution in [2.45, 2.75) is 0 Å². The van der Waals surface area contributed by atoms with Crippen LogP contribution in [0.5, 0.6) is 0 Å². The molecule has 0 aliphatic carbocycles. The monoisotopic (exact) mass is 458 g/mol. The van der Waals surface area contributed by atoms with Gasteiger partial charge in [0, 0.05) is 28.4 Å². The van der Waals surface area contributed by atoms with E-state index in [4.69, 9.17) is 45.6 Å². The lowest BCUT2D eigenvalue weighted by molar-refractivity contribution is 0.237. The highest BCUT2D eigenvalue weighted by molar-refractivity contribution is 8.19. The molecule has 0 fully saturated rings. The molecule has 0 aromatic heterocycles. The average molecular weight is 458 g/mol. The Bertz CT molecular complexity index is 492. The minimum absolute atomic E-state index is 1.12. The lowest BCUT2D eigenvalue weighted by Crippen LogP contribution is -2.00. The van der Waals surface area contributed by atoms with E-state index in [1.54, 1.807) is 0 Å². The fourth-order valence-corrected chi connectivity index (χ4v) is 11.9. The third-order valence-electron chi connectivity index (χ3n) is 1.52. The maximum absolute atomic E-state index is 9.63. The van der Waals surface area contributed by atoms with Crippen LogP contribution in [0.2, 0.25) is 0 Å². The molecular formula is C4H14O9P4S4. The zero-order chi connectivity index (χ0) is 16.9. The van der Waals surface area contributed by atoms with E-state index in [1.165, 1.54) is 0 Å². The predicted molar refractivity (Wildman–Crippen MR) is 92.9 cm³/mol. The van der Waals surface area contributed by atoms with Crippen LogP contribution >= 0.6 is 26.9 Å². The van der Waals surface area contributed by atoms with Gasteiger partial charge in [-0.1, -0.05) is 0 Å². The first kappa shape index (κ1) is 23.2. The topological polar surface area (TPSA) is 105 Å². The standard InChI is InChI=1S/C4H14O9P4S4/c1-7-14(5,18)11-16(20,9-3)13-17(21,10-4)12-15(6,19)8-2/h1-4H3,(H,5,18)(H,6,19). The van der Waals surface area contributed by atoms with Gasteiger partial charge in [-0.05, 0) is 47.2 Å². The van der Waals surface area contributed by atoms with Gasteiger partial charge in [-0.15, -0.1) is 0 Å². The average Bonchev–Trinajstić information content (AvgIpc) is 2.37. The van der Waals surface area contributed by atoms with E-state index in [0.29, 0.717) is 0 Å². The Balaban J connectivity index is 5.33. The predicted octanol–water partition coefficient (Wildman–Crippen LogP) is 2.50. The lowest BCUT2D eigenvalue weighted by atomic mass is 11.8. The van der Waals surface area contributed by atoms with Gasteiger partial charge in [-0.3, -0.25) is 0 Å². The SMILES string of the molecule is COP(O)(=S)OP(=S)(OC)OP(=S)(OC)OP(O)(=S)OC. The minimum atomic E-state index is -3.69. The molecule has 0 aromatic carbocycles. The van der Waals surface area contributed by atoms with Crippen molar-refractivity contribution in [2.75, 3.05) is 28.4 Å². The Morgan fingerprint density at radius 3 is 1.05 bits per heavy atom. The second kappa shape index (κ2) is 9.08. The number of hydrogen-bond donors (Lipinski definition) is 2. The zero-order valence-electron chi connectivity index (χ0n) is 11.2. The maximum atomic E-state index is 9.63. The fourth-order valence-electron chi connectivity index (χ4n) is 0.605. The summed E-state index contributed by atoms with van der Waals surface area (Å²) in [6, 6.07) is 0. The summed E-state index contributed by atoms with van der Waals surface area (Å²) >= 11 is 19.3. The van der Waals surface area contributed by atoms with E-state index in [9.17, 15) is 9.79 Å². The highest BCUT2D eigenvalue weighted by Gasteiger charge is 2.39. The highest BCUT2D eigenvalue weighted by Crippen LogP contribution is 2.74. The molecule has 4 unspecified atom stereocenters. The third-order valence-corrected chi connectivity index (χ3v) is 13.6. The van der Waals surface area contributed by atoms with Crippen LogP contribution in [0.3, 0.4) is 0 Å². The first-order valence-corrected chi connectivity index (χ1v) is 14.9. The molecule has 0 aliphatic rings. The Morgan fingerprint density at radius 2 is 0.857 bits per heavy atom. The number of hydrogen-bond acceptors (Lipinski definition) is 11. The van der Waals surface area contributed by atoms with Gasteiger partial charge in [0.1, 0.15) is 0 Å². The molecule has 0 spiro atoms. The maximum Gasteiger partial charge on any atom is 0.341 e. The van der Waals surface area contributed by atoms with Crippen molar-refractivity contribution in [3.8, 4) is 0 Å². The van der Waals surface area contributed by atoms with Crippen molar-refractivity contribution < 1.29 is 40.8 Å². The summed E-state index contributed by atoms with van der Waals surface area (Å²) in [6.45, 7) is -14.7. The van der Waals surface area contributed by atoms with E-state index in [0.717, 1.165) is 28.4 Å². The van der Waals surface area contributed by atoms with Gasteiger partial charge in [-0.25, -0.2) is 12.9 Å². The van der Waals surface area contributed by atoms with Crippen LogP contribution in [0.4, 0.5) is 0 Å². The van der Waals surface area contributed by atoms with Gasteiger partial charge in [-0.2, -0.15) is 0 Å². The van der Waals surface area contributed by atoms with E-state index in [2.05, 4.69) is 32.7 Å². The first-order valence-electron chi connectivity index (χ1n) is 4.59. The van der Waals surface area contributed by atoms with E-state index >= 15 is 0 Å². The Kier molecular flexibility index (Phi) is 10.0. The lowest BCUT2D eigenvalue weighted by Gasteiger charge is -2.29. The van der Waals surface area contributed by atoms with Gasteiger partial charge in [0.2, 0.25) is 0 Å². The van der Waals surface area contributed by atoms with Crippen LogP contribution in [0.15, 0.2) is 0 Å². The summed E-state index contributed by atoms with van der Waals surface area (Å²) < 4.78 is 34.0. The summed E-state index contributed by atoms with van der Waals surface area (Å²) in [7, 11) is 4.54. The molecule has 0 amide bonds. The summed E-state index contributed by atoms with van der Waals surface area (Å²) in [5.74, 6) is 0. The Labute approximate surface area is 143 Å². The van der Waals surface area contributed by atoms with Crippen LogP contribution in [-0.4, -0.2) is 38.2 Å². The van der Waals surface area contributed by atoms with Crippen molar-refractivity contribution in [3.63, 3.8) is 0 Å². The van der Waals surface area contributed by atoms with Crippen molar-refractivity contribution in [1.82, 2.24) is 0 Å². The molecule has 17 heteroatoms. The van der Waals surface area contributed by atoms with Crippen LogP contribution < -0.4 is 0 Å². The van der Waals surface area contributed by atoms with Crippen molar-refractivity contribution in [3.05, 3.63) is 0 Å². The minimum Gasteiger partial charge on any atom is -0.324 e. The van der Waals surface area contributed by atoms with Gasteiger partial charge in [0.05, 0.1) is 0 Å². The molecule has 9 nitrogen and oxygen atoms in total.